The largest absolute Gasteiger partial charge is 0.338 e. The highest BCUT2D eigenvalue weighted by atomic mass is 19.1. The minimum atomic E-state index is -0.509. The molecule has 6 rings (SSSR count). The first-order chi connectivity index (χ1) is 17.3. The van der Waals surface area contributed by atoms with Crippen LogP contribution in [-0.2, 0) is 13.5 Å². The van der Waals surface area contributed by atoms with Gasteiger partial charge < -0.3 is 5.32 Å². The molecule has 0 aliphatic carbocycles. The number of hydrogen-bond acceptors (Lipinski definition) is 4. The van der Waals surface area contributed by atoms with Gasteiger partial charge in [0.05, 0.1) is 34.5 Å². The summed E-state index contributed by atoms with van der Waals surface area (Å²) in [6.45, 7) is 4.78. The summed E-state index contributed by atoms with van der Waals surface area (Å²) < 4.78 is 35.2. The van der Waals surface area contributed by atoms with Gasteiger partial charge in [-0.2, -0.15) is 10.2 Å². The smallest absolute Gasteiger partial charge is 0.310 e. The summed E-state index contributed by atoms with van der Waals surface area (Å²) >= 11 is 0. The third kappa shape index (κ3) is 3.32. The number of halogens is 2. The molecule has 2 aromatic carbocycles. The summed E-state index contributed by atoms with van der Waals surface area (Å²) in [6.07, 6.45) is 5.38. The van der Waals surface area contributed by atoms with Gasteiger partial charge in [0.15, 0.2) is 5.82 Å². The van der Waals surface area contributed by atoms with Crippen LogP contribution in [0.4, 0.5) is 8.78 Å². The molecule has 184 valence electrons. The summed E-state index contributed by atoms with van der Waals surface area (Å²) in [5.74, 6) is -0.205. The van der Waals surface area contributed by atoms with Crippen molar-refractivity contribution in [3.05, 3.63) is 93.9 Å². The van der Waals surface area contributed by atoms with E-state index >= 15 is 4.39 Å². The average Bonchev–Trinajstić information content (AvgIpc) is 3.55. The van der Waals surface area contributed by atoms with Gasteiger partial charge in [0.1, 0.15) is 11.6 Å². The van der Waals surface area contributed by atoms with Crippen molar-refractivity contribution < 1.29 is 8.78 Å². The molecule has 8 nitrogen and oxygen atoms in total. The van der Waals surface area contributed by atoms with E-state index in [1.807, 2.05) is 18.5 Å². The normalized spacial score (nSPS) is 16.4. The second kappa shape index (κ2) is 8.27. The zero-order valence-corrected chi connectivity index (χ0v) is 20.1. The highest BCUT2D eigenvalue weighted by Gasteiger charge is 2.30. The van der Waals surface area contributed by atoms with Crippen LogP contribution in [0.1, 0.15) is 42.8 Å². The van der Waals surface area contributed by atoms with Gasteiger partial charge in [-0.15, -0.1) is 0 Å². The highest BCUT2D eigenvalue weighted by Crippen LogP contribution is 2.32. The SMILES string of the molecule is CC(c1ccc(F)cc1)n1nc2c(c1-n1ccn(-c3ccc4c(cnn4C)c3F)c1=O)[C@H](C)NCC2. The number of nitrogens with one attached hydrogen (secondary N) is 1. The predicted octanol–water partition coefficient (Wildman–Crippen LogP) is 3.81. The van der Waals surface area contributed by atoms with Gasteiger partial charge in [-0.05, 0) is 43.7 Å². The maximum atomic E-state index is 15.4. The molecule has 0 bridgehead atoms. The predicted molar refractivity (Wildman–Crippen MR) is 132 cm³/mol. The summed E-state index contributed by atoms with van der Waals surface area (Å²) in [6, 6.07) is 9.31. The first-order valence-electron chi connectivity index (χ1n) is 11.9. The molecule has 0 radical (unpaired) electrons. The lowest BCUT2D eigenvalue weighted by Crippen LogP contribution is -2.30. The van der Waals surface area contributed by atoms with Gasteiger partial charge in [-0.25, -0.2) is 18.3 Å². The number of hydrogen-bond donors (Lipinski definition) is 1. The van der Waals surface area contributed by atoms with E-state index in [-0.39, 0.29) is 23.6 Å². The van der Waals surface area contributed by atoms with E-state index in [2.05, 4.69) is 10.4 Å². The summed E-state index contributed by atoms with van der Waals surface area (Å²) in [7, 11) is 1.74. The Kier molecular flexibility index (Phi) is 5.15. The van der Waals surface area contributed by atoms with Crippen molar-refractivity contribution >= 4 is 10.9 Å². The Morgan fingerprint density at radius 2 is 1.83 bits per heavy atom. The monoisotopic (exact) mass is 489 g/mol. The molecule has 1 unspecified atom stereocenters. The van der Waals surface area contributed by atoms with Crippen LogP contribution >= 0.6 is 0 Å². The van der Waals surface area contributed by atoms with Crippen molar-refractivity contribution in [3.63, 3.8) is 0 Å². The Morgan fingerprint density at radius 1 is 1.08 bits per heavy atom. The van der Waals surface area contributed by atoms with Crippen LogP contribution in [0, 0.1) is 11.6 Å². The molecule has 5 aromatic rings. The number of aromatic nitrogens is 6. The number of rotatable bonds is 4. The number of nitrogens with zero attached hydrogens (tertiary/aromatic N) is 6. The van der Waals surface area contributed by atoms with Crippen LogP contribution in [0.15, 0.2) is 59.8 Å². The Labute approximate surface area is 205 Å². The van der Waals surface area contributed by atoms with Crippen molar-refractivity contribution in [2.75, 3.05) is 6.54 Å². The van der Waals surface area contributed by atoms with E-state index in [9.17, 15) is 9.18 Å². The quantitative estimate of drug-likeness (QED) is 0.417. The van der Waals surface area contributed by atoms with E-state index in [4.69, 9.17) is 5.10 Å². The Morgan fingerprint density at radius 3 is 2.61 bits per heavy atom. The van der Waals surface area contributed by atoms with E-state index in [0.717, 1.165) is 29.8 Å². The first-order valence-corrected chi connectivity index (χ1v) is 11.9. The lowest BCUT2D eigenvalue weighted by Gasteiger charge is -2.21. The molecule has 4 heterocycles. The van der Waals surface area contributed by atoms with E-state index < -0.39 is 11.5 Å². The van der Waals surface area contributed by atoms with Gasteiger partial charge in [-0.3, -0.25) is 13.8 Å². The Balaban J connectivity index is 1.53. The summed E-state index contributed by atoms with van der Waals surface area (Å²) in [5.41, 5.74) is 3.08. The molecular formula is C26H25F2N7O. The second-order valence-corrected chi connectivity index (χ2v) is 9.20. The molecule has 1 aliphatic rings. The van der Waals surface area contributed by atoms with Crippen molar-refractivity contribution in [3.8, 4) is 11.5 Å². The van der Waals surface area contributed by atoms with Crippen LogP contribution in [0.5, 0.6) is 0 Å². The number of benzene rings is 2. The van der Waals surface area contributed by atoms with Crippen molar-refractivity contribution in [1.82, 2.24) is 34.0 Å². The fraction of sp³-hybridized carbons (Fsp3) is 0.269. The molecule has 0 amide bonds. The standard InChI is InChI=1S/C26H25F2N7O/c1-15-23-20(10-11-29-15)31-35(16(2)17-4-6-18(27)7-5-17)25(23)34-13-12-33(26(34)36)22-9-8-21-19(24(22)28)14-30-32(21)3/h4-9,12-16,29H,10-11H2,1-3H3/t15-,16?/m0/s1. The molecule has 2 atom stereocenters. The second-order valence-electron chi connectivity index (χ2n) is 9.20. The Bertz CT molecular complexity index is 1660. The Hall–Kier alpha value is -4.05. The van der Waals surface area contributed by atoms with Gasteiger partial charge in [0, 0.05) is 44.0 Å². The number of imidazole rings is 1. The minimum absolute atomic E-state index is 0.0309. The summed E-state index contributed by atoms with van der Waals surface area (Å²) in [4.78, 5) is 13.7. The molecule has 10 heteroatoms. The first kappa shape index (κ1) is 22.4. The fourth-order valence-corrected chi connectivity index (χ4v) is 5.10. The van der Waals surface area contributed by atoms with Gasteiger partial charge in [-0.1, -0.05) is 12.1 Å². The molecule has 36 heavy (non-hydrogen) atoms. The van der Waals surface area contributed by atoms with E-state index in [1.54, 1.807) is 48.4 Å². The minimum Gasteiger partial charge on any atom is -0.310 e. The zero-order valence-electron chi connectivity index (χ0n) is 20.1. The zero-order chi connectivity index (χ0) is 25.1. The lowest BCUT2D eigenvalue weighted by atomic mass is 10.0. The van der Waals surface area contributed by atoms with Crippen LogP contribution in [-0.4, -0.2) is 35.2 Å². The van der Waals surface area contributed by atoms with E-state index in [1.165, 1.54) is 27.5 Å². The number of fused-ring (bicyclic) bond motifs is 2. The van der Waals surface area contributed by atoms with Crippen molar-refractivity contribution in [1.29, 1.82) is 0 Å². The molecule has 1 N–H and O–H groups in total. The van der Waals surface area contributed by atoms with Crippen LogP contribution in [0.25, 0.3) is 22.4 Å². The van der Waals surface area contributed by atoms with Crippen molar-refractivity contribution in [2.45, 2.75) is 32.4 Å². The van der Waals surface area contributed by atoms with Gasteiger partial charge in [0.2, 0.25) is 0 Å². The lowest BCUT2D eigenvalue weighted by molar-refractivity contribution is 0.533. The topological polar surface area (TPSA) is 74.6 Å². The molecule has 0 fully saturated rings. The van der Waals surface area contributed by atoms with Crippen LogP contribution < -0.4 is 11.0 Å². The average molecular weight is 490 g/mol. The van der Waals surface area contributed by atoms with Crippen LogP contribution in [0.3, 0.4) is 0 Å². The highest BCUT2D eigenvalue weighted by molar-refractivity contribution is 5.81. The van der Waals surface area contributed by atoms with Gasteiger partial charge in [0.25, 0.3) is 0 Å². The fourth-order valence-electron chi connectivity index (χ4n) is 5.10. The maximum absolute atomic E-state index is 15.4. The summed E-state index contributed by atoms with van der Waals surface area (Å²) in [5, 5.41) is 12.8. The van der Waals surface area contributed by atoms with Gasteiger partial charge >= 0.3 is 5.69 Å². The maximum Gasteiger partial charge on any atom is 0.338 e. The third-order valence-corrected chi connectivity index (χ3v) is 7.07. The third-order valence-electron chi connectivity index (χ3n) is 7.07. The molecule has 0 saturated heterocycles. The molecule has 1 aliphatic heterocycles. The molecule has 0 saturated carbocycles. The number of aryl methyl sites for hydroxylation is 1. The van der Waals surface area contributed by atoms with E-state index in [0.29, 0.717) is 16.7 Å². The van der Waals surface area contributed by atoms with Crippen molar-refractivity contribution in [2.24, 2.45) is 7.05 Å². The molecule has 0 spiro atoms. The molecule has 3 aromatic heterocycles. The molecular weight excluding hydrogens is 464 g/mol. The van der Waals surface area contributed by atoms with Crippen LogP contribution in [0.2, 0.25) is 0 Å².